The molecule has 3 heteroatoms. The summed E-state index contributed by atoms with van der Waals surface area (Å²) in [6.45, 7) is 9.10. The Morgan fingerprint density at radius 3 is 2.72 bits per heavy atom. The minimum Gasteiger partial charge on any atom is -0.383 e. The first kappa shape index (κ1) is 15.0. The summed E-state index contributed by atoms with van der Waals surface area (Å²) < 4.78 is 5.23. The van der Waals surface area contributed by atoms with Crippen molar-refractivity contribution < 1.29 is 4.74 Å². The van der Waals surface area contributed by atoms with Crippen molar-refractivity contribution in [1.82, 2.24) is 5.32 Å². The zero-order chi connectivity index (χ0) is 13.5. The van der Waals surface area contributed by atoms with Crippen molar-refractivity contribution in [3.63, 3.8) is 0 Å². The van der Waals surface area contributed by atoms with Crippen LogP contribution in [0.1, 0.15) is 25.0 Å². The standard InChI is InChI=1S/C15H26N2O/c1-6-16-10-14-9-12(2)7-8-15(14)17(4)13(3)11-18-5/h7-9,13,16H,6,10-11H2,1-5H3. The number of nitrogens with zero attached hydrogens (tertiary/aromatic N) is 1. The molecule has 3 nitrogen and oxygen atoms in total. The monoisotopic (exact) mass is 250 g/mol. The van der Waals surface area contributed by atoms with Crippen LogP contribution in [0.25, 0.3) is 0 Å². The first-order valence-corrected chi connectivity index (χ1v) is 6.62. The van der Waals surface area contributed by atoms with E-state index in [1.165, 1.54) is 16.8 Å². The highest BCUT2D eigenvalue weighted by Crippen LogP contribution is 2.22. The van der Waals surface area contributed by atoms with E-state index in [1.54, 1.807) is 7.11 Å². The van der Waals surface area contributed by atoms with Gasteiger partial charge in [0.2, 0.25) is 0 Å². The topological polar surface area (TPSA) is 24.5 Å². The molecular weight excluding hydrogens is 224 g/mol. The van der Waals surface area contributed by atoms with E-state index in [4.69, 9.17) is 4.74 Å². The molecule has 1 aromatic carbocycles. The highest BCUT2D eigenvalue weighted by Gasteiger charge is 2.13. The third-order valence-electron chi connectivity index (χ3n) is 3.25. The smallest absolute Gasteiger partial charge is 0.0663 e. The van der Waals surface area contributed by atoms with Gasteiger partial charge in [-0.15, -0.1) is 0 Å². The second kappa shape index (κ2) is 7.39. The van der Waals surface area contributed by atoms with Gasteiger partial charge in [-0.1, -0.05) is 24.6 Å². The number of likely N-dealkylation sites (N-methyl/N-ethyl adjacent to an activating group) is 1. The van der Waals surface area contributed by atoms with Gasteiger partial charge < -0.3 is 15.0 Å². The van der Waals surface area contributed by atoms with Gasteiger partial charge >= 0.3 is 0 Å². The molecule has 0 amide bonds. The predicted molar refractivity (Wildman–Crippen MR) is 78.3 cm³/mol. The summed E-state index contributed by atoms with van der Waals surface area (Å²) in [5, 5.41) is 3.40. The lowest BCUT2D eigenvalue weighted by Crippen LogP contribution is -2.33. The number of hydrogen-bond acceptors (Lipinski definition) is 3. The van der Waals surface area contributed by atoms with Crippen molar-refractivity contribution in [3.05, 3.63) is 29.3 Å². The number of benzene rings is 1. The molecule has 0 heterocycles. The van der Waals surface area contributed by atoms with E-state index < -0.39 is 0 Å². The lowest BCUT2D eigenvalue weighted by molar-refractivity contribution is 0.183. The summed E-state index contributed by atoms with van der Waals surface area (Å²) in [5.74, 6) is 0. The normalized spacial score (nSPS) is 12.5. The summed E-state index contributed by atoms with van der Waals surface area (Å²) in [7, 11) is 3.88. The molecule has 0 aliphatic carbocycles. The van der Waals surface area contributed by atoms with Crippen LogP contribution in [0.2, 0.25) is 0 Å². The van der Waals surface area contributed by atoms with Crippen LogP contribution >= 0.6 is 0 Å². The molecular formula is C15H26N2O. The van der Waals surface area contributed by atoms with Gasteiger partial charge in [-0.3, -0.25) is 0 Å². The molecule has 1 N–H and O–H groups in total. The Balaban J connectivity index is 2.91. The molecule has 0 saturated carbocycles. The quantitative estimate of drug-likeness (QED) is 0.805. The summed E-state index contributed by atoms with van der Waals surface area (Å²) in [6, 6.07) is 7.00. The predicted octanol–water partition coefficient (Wildman–Crippen LogP) is 2.58. The van der Waals surface area contributed by atoms with Gasteiger partial charge in [-0.2, -0.15) is 0 Å². The van der Waals surface area contributed by atoms with Crippen LogP contribution in [0.4, 0.5) is 5.69 Å². The highest BCUT2D eigenvalue weighted by molar-refractivity contribution is 5.55. The second-order valence-corrected chi connectivity index (χ2v) is 4.83. The van der Waals surface area contributed by atoms with Crippen LogP contribution in [-0.2, 0) is 11.3 Å². The van der Waals surface area contributed by atoms with Gasteiger partial charge in [0.25, 0.3) is 0 Å². The van der Waals surface area contributed by atoms with Crippen molar-refractivity contribution in [3.8, 4) is 0 Å². The number of aryl methyl sites for hydroxylation is 1. The van der Waals surface area contributed by atoms with Gasteiger partial charge in [0.05, 0.1) is 6.61 Å². The van der Waals surface area contributed by atoms with E-state index in [1.807, 2.05) is 0 Å². The van der Waals surface area contributed by atoms with Gasteiger partial charge in [0.15, 0.2) is 0 Å². The van der Waals surface area contributed by atoms with E-state index in [-0.39, 0.29) is 0 Å². The Kier molecular flexibility index (Phi) is 6.16. The van der Waals surface area contributed by atoms with Crippen molar-refractivity contribution in [1.29, 1.82) is 0 Å². The molecule has 1 unspecified atom stereocenters. The summed E-state index contributed by atoms with van der Waals surface area (Å²) in [5.41, 5.74) is 3.94. The molecule has 0 aromatic heterocycles. The van der Waals surface area contributed by atoms with E-state index in [2.05, 4.69) is 56.2 Å². The zero-order valence-corrected chi connectivity index (χ0v) is 12.3. The summed E-state index contributed by atoms with van der Waals surface area (Å²) in [6.07, 6.45) is 0. The van der Waals surface area contributed by atoms with Crippen LogP contribution in [0, 0.1) is 6.92 Å². The minimum absolute atomic E-state index is 0.373. The fourth-order valence-electron chi connectivity index (χ4n) is 2.05. The average molecular weight is 250 g/mol. The van der Waals surface area contributed by atoms with Crippen molar-refractivity contribution >= 4 is 5.69 Å². The maximum Gasteiger partial charge on any atom is 0.0663 e. The Morgan fingerprint density at radius 1 is 1.39 bits per heavy atom. The Morgan fingerprint density at radius 2 is 2.11 bits per heavy atom. The first-order valence-electron chi connectivity index (χ1n) is 6.62. The van der Waals surface area contributed by atoms with Crippen molar-refractivity contribution in [2.45, 2.75) is 33.4 Å². The largest absolute Gasteiger partial charge is 0.383 e. The van der Waals surface area contributed by atoms with Crippen LogP contribution in [0.5, 0.6) is 0 Å². The van der Waals surface area contributed by atoms with E-state index in [9.17, 15) is 0 Å². The lowest BCUT2D eigenvalue weighted by Gasteiger charge is -2.29. The van der Waals surface area contributed by atoms with Gasteiger partial charge in [0.1, 0.15) is 0 Å². The maximum absolute atomic E-state index is 5.23. The molecule has 0 spiro atoms. The van der Waals surface area contributed by atoms with E-state index in [0.717, 1.165) is 19.7 Å². The molecule has 0 saturated heterocycles. The second-order valence-electron chi connectivity index (χ2n) is 4.83. The van der Waals surface area contributed by atoms with Gasteiger partial charge in [-0.25, -0.2) is 0 Å². The molecule has 1 atom stereocenters. The molecule has 0 aliphatic rings. The number of anilines is 1. The molecule has 0 aliphatic heterocycles. The number of methoxy groups -OCH3 is 1. The van der Waals surface area contributed by atoms with Crippen LogP contribution in [0.3, 0.4) is 0 Å². The molecule has 0 fully saturated rings. The van der Waals surface area contributed by atoms with Gasteiger partial charge in [-0.05, 0) is 32.0 Å². The van der Waals surface area contributed by atoms with Gasteiger partial charge in [0, 0.05) is 32.4 Å². The maximum atomic E-state index is 5.23. The number of hydrogen-bond donors (Lipinski definition) is 1. The van der Waals surface area contributed by atoms with Crippen LogP contribution in [0.15, 0.2) is 18.2 Å². The van der Waals surface area contributed by atoms with Crippen LogP contribution < -0.4 is 10.2 Å². The molecule has 18 heavy (non-hydrogen) atoms. The number of nitrogens with one attached hydrogen (secondary N) is 1. The fraction of sp³-hybridized carbons (Fsp3) is 0.600. The molecule has 1 rings (SSSR count). The third-order valence-corrected chi connectivity index (χ3v) is 3.25. The highest BCUT2D eigenvalue weighted by atomic mass is 16.5. The van der Waals surface area contributed by atoms with Crippen LogP contribution in [-0.4, -0.2) is 33.4 Å². The molecule has 102 valence electrons. The fourth-order valence-corrected chi connectivity index (χ4v) is 2.05. The lowest BCUT2D eigenvalue weighted by atomic mass is 10.1. The number of rotatable bonds is 7. The van der Waals surface area contributed by atoms with Crippen molar-refractivity contribution in [2.75, 3.05) is 32.2 Å². The van der Waals surface area contributed by atoms with E-state index in [0.29, 0.717) is 6.04 Å². The number of ether oxygens (including phenoxy) is 1. The third kappa shape index (κ3) is 4.00. The molecule has 1 aromatic rings. The Hall–Kier alpha value is -1.06. The first-order chi connectivity index (χ1) is 8.60. The molecule has 0 bridgehead atoms. The summed E-state index contributed by atoms with van der Waals surface area (Å²) >= 11 is 0. The average Bonchev–Trinajstić information content (AvgIpc) is 2.36. The molecule has 0 radical (unpaired) electrons. The Bertz CT molecular complexity index is 366. The Labute approximate surface area is 111 Å². The SMILES string of the molecule is CCNCc1cc(C)ccc1N(C)C(C)COC. The zero-order valence-electron chi connectivity index (χ0n) is 12.3. The van der Waals surface area contributed by atoms with E-state index >= 15 is 0 Å². The summed E-state index contributed by atoms with van der Waals surface area (Å²) in [4.78, 5) is 2.29. The van der Waals surface area contributed by atoms with Crippen molar-refractivity contribution in [2.24, 2.45) is 0 Å². The minimum atomic E-state index is 0.373.